The van der Waals surface area contributed by atoms with E-state index in [-0.39, 0.29) is 16.9 Å². The molecule has 2 aromatic rings. The van der Waals surface area contributed by atoms with Crippen LogP contribution in [-0.4, -0.2) is 16.8 Å². The van der Waals surface area contributed by atoms with Crippen molar-refractivity contribution in [2.24, 2.45) is 5.10 Å². The number of nitrogens with zero attached hydrogens (tertiary/aromatic N) is 4. The molecule has 24 heavy (non-hydrogen) atoms. The summed E-state index contributed by atoms with van der Waals surface area (Å²) >= 11 is 0. The number of carbonyl (C=O) groups excluding carboxylic acids is 1. The van der Waals surface area contributed by atoms with E-state index in [2.05, 4.69) is 20.5 Å². The lowest BCUT2D eigenvalue weighted by Gasteiger charge is -2.11. The summed E-state index contributed by atoms with van der Waals surface area (Å²) in [5.41, 5.74) is 3.28. The number of Topliss-reactive ketones (excluding diaryl/α,β-unsaturated/α-hetero) is 1. The zero-order valence-corrected chi connectivity index (χ0v) is 13.5. The molecule has 0 unspecified atom stereocenters. The summed E-state index contributed by atoms with van der Waals surface area (Å²) in [6.45, 7) is 12.9. The van der Waals surface area contributed by atoms with Gasteiger partial charge in [0.15, 0.2) is 0 Å². The van der Waals surface area contributed by atoms with Gasteiger partial charge < -0.3 is 9.37 Å². The smallest absolute Gasteiger partial charge is 0.343 e. The largest absolute Gasteiger partial charge is 0.360 e. The van der Waals surface area contributed by atoms with Gasteiger partial charge in [-0.15, -0.1) is 0 Å². The molecule has 2 rings (SSSR count). The van der Waals surface area contributed by atoms with Crippen molar-refractivity contribution in [3.63, 3.8) is 0 Å². The van der Waals surface area contributed by atoms with Gasteiger partial charge >= 0.3 is 5.84 Å². The molecule has 0 aliphatic heterocycles. The molecular formula is C17H15N5O2. The molecule has 0 aliphatic carbocycles. The topological polar surface area (TPSA) is 95.6 Å². The highest BCUT2D eigenvalue weighted by molar-refractivity contribution is 6.48. The number of carbonyl (C=O) groups is 1. The molecule has 0 aliphatic rings. The fourth-order valence-corrected chi connectivity index (χ4v) is 1.75. The van der Waals surface area contributed by atoms with Gasteiger partial charge in [0.1, 0.15) is 11.5 Å². The summed E-state index contributed by atoms with van der Waals surface area (Å²) in [4.78, 5) is 15.4. The van der Waals surface area contributed by atoms with Crippen LogP contribution in [0, 0.1) is 17.9 Å². The van der Waals surface area contributed by atoms with Crippen LogP contribution in [0.1, 0.15) is 42.6 Å². The summed E-state index contributed by atoms with van der Waals surface area (Å²) < 4.78 is 5.15. The van der Waals surface area contributed by atoms with Crippen LogP contribution < -0.4 is 5.43 Å². The van der Waals surface area contributed by atoms with Crippen LogP contribution in [-0.2, 0) is 5.41 Å². The van der Waals surface area contributed by atoms with E-state index in [1.165, 1.54) is 6.07 Å². The zero-order chi connectivity index (χ0) is 17.7. The molecule has 0 saturated heterocycles. The second-order valence-electron chi connectivity index (χ2n) is 6.01. The lowest BCUT2D eigenvalue weighted by molar-refractivity contribution is 0.105. The maximum absolute atomic E-state index is 12.3. The monoisotopic (exact) mass is 321 g/mol. The lowest BCUT2D eigenvalue weighted by atomic mass is 9.93. The van der Waals surface area contributed by atoms with E-state index in [9.17, 15) is 4.79 Å². The van der Waals surface area contributed by atoms with E-state index < -0.39 is 5.78 Å². The molecule has 7 heteroatoms. The Balaban J connectivity index is 2.21. The Hall–Kier alpha value is -3.45. The summed E-state index contributed by atoms with van der Waals surface area (Å²) in [6.07, 6.45) is 0. The van der Waals surface area contributed by atoms with Gasteiger partial charge in [0.05, 0.1) is 17.3 Å². The number of ketones is 1. The van der Waals surface area contributed by atoms with Crippen LogP contribution in [0.4, 0.5) is 5.69 Å². The Kier molecular flexibility index (Phi) is 4.76. The van der Waals surface area contributed by atoms with E-state index >= 15 is 0 Å². The molecule has 0 spiro atoms. The van der Waals surface area contributed by atoms with Crippen LogP contribution in [0.2, 0.25) is 0 Å². The first-order valence-electron chi connectivity index (χ1n) is 7.08. The third-order valence-electron chi connectivity index (χ3n) is 3.07. The van der Waals surface area contributed by atoms with Crippen LogP contribution >= 0.6 is 0 Å². The van der Waals surface area contributed by atoms with Crippen molar-refractivity contribution in [1.82, 2.24) is 5.16 Å². The van der Waals surface area contributed by atoms with E-state index in [1.807, 2.05) is 26.8 Å². The molecule has 0 atom stereocenters. The highest BCUT2D eigenvalue weighted by atomic mass is 16.5. The van der Waals surface area contributed by atoms with E-state index in [1.54, 1.807) is 24.3 Å². The van der Waals surface area contributed by atoms with E-state index in [4.69, 9.17) is 16.4 Å². The number of nitrogens with one attached hydrogen (secondary N) is 1. The Morgan fingerprint density at radius 1 is 1.42 bits per heavy atom. The van der Waals surface area contributed by atoms with E-state index in [0.29, 0.717) is 17.0 Å². The minimum atomic E-state index is -0.631. The molecule has 0 bridgehead atoms. The molecule has 0 saturated carbocycles. The molecule has 1 aromatic heterocycles. The average Bonchev–Trinajstić information content (AvgIpc) is 3.05. The number of hydrogen-bond donors (Lipinski definition) is 1. The van der Waals surface area contributed by atoms with Crippen LogP contribution in [0.5, 0.6) is 0 Å². The van der Waals surface area contributed by atoms with Gasteiger partial charge in [-0.2, -0.15) is 5.26 Å². The normalized spacial score (nSPS) is 11.5. The van der Waals surface area contributed by atoms with Crippen molar-refractivity contribution in [1.29, 1.82) is 5.26 Å². The first-order chi connectivity index (χ1) is 11.3. The van der Waals surface area contributed by atoms with Crippen LogP contribution in [0.15, 0.2) is 40.0 Å². The van der Waals surface area contributed by atoms with Crippen molar-refractivity contribution >= 4 is 17.3 Å². The lowest BCUT2D eigenvalue weighted by Crippen LogP contribution is -2.13. The molecule has 1 N–H and O–H groups in total. The number of amidine groups is 1. The summed E-state index contributed by atoms with van der Waals surface area (Å²) in [7, 11) is 0. The van der Waals surface area contributed by atoms with Gasteiger partial charge in [-0.1, -0.05) is 38.6 Å². The summed E-state index contributed by atoms with van der Waals surface area (Å²) in [6, 6.07) is 10.0. The Bertz CT molecular complexity index is 875. The van der Waals surface area contributed by atoms with Gasteiger partial charge in [0.2, 0.25) is 5.78 Å². The third-order valence-corrected chi connectivity index (χ3v) is 3.07. The quantitative estimate of drug-likeness (QED) is 0.306. The second-order valence-corrected chi connectivity index (χ2v) is 6.01. The zero-order valence-electron chi connectivity index (χ0n) is 13.5. The number of benzene rings is 1. The van der Waals surface area contributed by atoms with Gasteiger partial charge in [-0.05, 0) is 23.3 Å². The van der Waals surface area contributed by atoms with Crippen molar-refractivity contribution in [3.8, 4) is 6.07 Å². The van der Waals surface area contributed by atoms with Crippen LogP contribution in [0.25, 0.3) is 4.85 Å². The number of hydrogen-bond acceptors (Lipinski definition) is 6. The molecule has 7 nitrogen and oxygen atoms in total. The van der Waals surface area contributed by atoms with Gasteiger partial charge in [-0.3, -0.25) is 4.79 Å². The van der Waals surface area contributed by atoms with Crippen molar-refractivity contribution < 1.29 is 9.32 Å². The Morgan fingerprint density at radius 3 is 2.75 bits per heavy atom. The number of aromatic nitrogens is 1. The number of anilines is 1. The third kappa shape index (κ3) is 3.84. The Morgan fingerprint density at radius 2 is 2.17 bits per heavy atom. The molecule has 1 aromatic carbocycles. The van der Waals surface area contributed by atoms with Gasteiger partial charge in [0, 0.05) is 11.5 Å². The fraction of sp³-hybridized carbons (Fsp3) is 0.235. The van der Waals surface area contributed by atoms with Crippen molar-refractivity contribution in [3.05, 3.63) is 58.8 Å². The average molecular weight is 321 g/mol. The number of nitriles is 1. The predicted molar refractivity (Wildman–Crippen MR) is 88.4 cm³/mol. The highest BCUT2D eigenvalue weighted by Crippen LogP contribution is 2.23. The number of rotatable bonds is 4. The molecule has 0 fully saturated rings. The minimum Gasteiger partial charge on any atom is -0.360 e. The minimum absolute atomic E-state index is 0.0299. The van der Waals surface area contributed by atoms with Crippen molar-refractivity contribution in [2.75, 3.05) is 5.43 Å². The molecule has 120 valence electrons. The number of hydrazone groups is 1. The maximum atomic E-state index is 12.3. The second kappa shape index (κ2) is 6.76. The molecule has 0 radical (unpaired) electrons. The van der Waals surface area contributed by atoms with Crippen molar-refractivity contribution in [2.45, 2.75) is 26.2 Å². The Labute approximate surface area is 139 Å². The van der Waals surface area contributed by atoms with Gasteiger partial charge in [0.25, 0.3) is 0 Å². The predicted octanol–water partition coefficient (Wildman–Crippen LogP) is 3.37. The molecular weight excluding hydrogens is 306 g/mol. The highest BCUT2D eigenvalue weighted by Gasteiger charge is 2.24. The first kappa shape index (κ1) is 16.9. The fourth-order valence-electron chi connectivity index (χ4n) is 1.75. The SMILES string of the molecule is [C-]#[N+]/C(=N\Nc1cccc(C#N)c1)C(=O)c1cc(C(C)(C)C)on1. The summed E-state index contributed by atoms with van der Waals surface area (Å²) in [5, 5.41) is 16.4. The standard InChI is InChI=1S/C17H15N5O2/c1-17(2,3)14-9-13(22-24-14)15(23)16(19-4)21-20-12-7-5-6-11(8-12)10-18/h5-9,20H,1-3H3/b21-16-. The molecule has 1 heterocycles. The van der Waals surface area contributed by atoms with Crippen LogP contribution in [0.3, 0.4) is 0 Å². The summed E-state index contributed by atoms with van der Waals surface area (Å²) in [5.74, 6) is -0.454. The maximum Gasteiger partial charge on any atom is 0.343 e. The van der Waals surface area contributed by atoms with Gasteiger partial charge in [-0.25, -0.2) is 5.43 Å². The first-order valence-corrected chi connectivity index (χ1v) is 7.08. The molecule has 0 amide bonds. The van der Waals surface area contributed by atoms with E-state index in [0.717, 1.165) is 0 Å².